The van der Waals surface area contributed by atoms with Gasteiger partial charge in [-0.15, -0.1) is 5.10 Å². The summed E-state index contributed by atoms with van der Waals surface area (Å²) in [6.45, 7) is 0. The van der Waals surface area contributed by atoms with Crippen LogP contribution in [0.1, 0.15) is 5.56 Å². The van der Waals surface area contributed by atoms with Gasteiger partial charge in [0, 0.05) is 12.6 Å². The number of phenolic OH excluding ortho intramolecular Hbond substituents is 3. The number of hydrogen-bond donors (Lipinski definition) is 3. The van der Waals surface area contributed by atoms with Crippen molar-refractivity contribution in [2.45, 2.75) is 0 Å². The Labute approximate surface area is 129 Å². The fraction of sp³-hybridized carbons (Fsp3) is 0.0667. The Morgan fingerprint density at radius 3 is 2.59 bits per heavy atom. The number of fused-ring (bicyclic) bond motifs is 1. The highest BCUT2D eigenvalue weighted by Gasteiger charge is 2.09. The molecule has 0 bridgehead atoms. The first-order chi connectivity index (χ1) is 10.6. The van der Waals surface area contributed by atoms with Gasteiger partial charge in [-0.25, -0.2) is 0 Å². The lowest BCUT2D eigenvalue weighted by Gasteiger charge is -2.02. The van der Waals surface area contributed by atoms with Gasteiger partial charge in [0.15, 0.2) is 11.5 Å². The van der Waals surface area contributed by atoms with Crippen LogP contribution in [0.15, 0.2) is 46.6 Å². The number of aromatic nitrogens is 1. The number of aryl methyl sites for hydroxylation is 1. The van der Waals surface area contributed by atoms with Crippen LogP contribution in [0.5, 0.6) is 17.2 Å². The molecule has 0 unspecified atom stereocenters. The summed E-state index contributed by atoms with van der Waals surface area (Å²) in [4.78, 5) is 0.708. The third kappa shape index (κ3) is 2.42. The first-order valence-electron chi connectivity index (χ1n) is 6.43. The lowest BCUT2D eigenvalue weighted by atomic mass is 10.2. The molecule has 2 aromatic carbocycles. The molecule has 3 aromatic rings. The molecule has 0 aliphatic carbocycles. The maximum atomic E-state index is 9.70. The molecule has 6 nitrogen and oxygen atoms in total. The summed E-state index contributed by atoms with van der Waals surface area (Å²) in [7, 11) is 1.90. The highest BCUT2D eigenvalue weighted by Crippen LogP contribution is 2.36. The first kappa shape index (κ1) is 14.2. The van der Waals surface area contributed by atoms with Crippen LogP contribution in [-0.2, 0) is 7.05 Å². The summed E-state index contributed by atoms with van der Waals surface area (Å²) < 4.78 is 3.02. The van der Waals surface area contributed by atoms with E-state index in [9.17, 15) is 15.3 Å². The SMILES string of the molecule is Cn1/c(=N/N=C/c2ccc(O)c(O)c2O)sc2ccccc21. The normalized spacial score (nSPS) is 12.5. The van der Waals surface area contributed by atoms with Crippen molar-refractivity contribution < 1.29 is 15.3 Å². The number of hydrogen-bond acceptors (Lipinski definition) is 6. The van der Waals surface area contributed by atoms with Crippen LogP contribution >= 0.6 is 11.3 Å². The molecule has 0 saturated carbocycles. The van der Waals surface area contributed by atoms with E-state index < -0.39 is 11.5 Å². The molecular weight excluding hydrogens is 302 g/mol. The van der Waals surface area contributed by atoms with E-state index >= 15 is 0 Å². The van der Waals surface area contributed by atoms with Crippen molar-refractivity contribution in [1.29, 1.82) is 0 Å². The molecule has 0 aliphatic heterocycles. The maximum Gasteiger partial charge on any atom is 0.211 e. The molecule has 0 radical (unpaired) electrons. The molecule has 1 heterocycles. The zero-order valence-corrected chi connectivity index (χ0v) is 12.4. The summed E-state index contributed by atoms with van der Waals surface area (Å²) in [5.74, 6) is -1.39. The molecular formula is C15H13N3O3S. The predicted molar refractivity (Wildman–Crippen MR) is 85.4 cm³/mol. The molecule has 0 atom stereocenters. The summed E-state index contributed by atoms with van der Waals surface area (Å²) in [5.41, 5.74) is 1.33. The molecule has 7 heteroatoms. The second-order valence-electron chi connectivity index (χ2n) is 4.63. The lowest BCUT2D eigenvalue weighted by molar-refractivity contribution is 0.367. The Kier molecular flexibility index (Phi) is 3.56. The zero-order chi connectivity index (χ0) is 15.7. The zero-order valence-electron chi connectivity index (χ0n) is 11.6. The van der Waals surface area contributed by atoms with E-state index in [0.29, 0.717) is 4.80 Å². The fourth-order valence-corrected chi connectivity index (χ4v) is 2.98. The van der Waals surface area contributed by atoms with Gasteiger partial charge in [0.05, 0.1) is 16.4 Å². The second-order valence-corrected chi connectivity index (χ2v) is 5.64. The molecule has 0 fully saturated rings. The third-order valence-corrected chi connectivity index (χ3v) is 4.32. The van der Waals surface area contributed by atoms with E-state index in [4.69, 9.17) is 0 Å². The Balaban J connectivity index is 1.99. The molecule has 0 saturated heterocycles. The number of phenols is 3. The Hall–Kier alpha value is -2.80. The average Bonchev–Trinajstić information content (AvgIpc) is 2.84. The number of rotatable bonds is 2. The van der Waals surface area contributed by atoms with Gasteiger partial charge in [-0.2, -0.15) is 5.10 Å². The van der Waals surface area contributed by atoms with Crippen molar-refractivity contribution in [1.82, 2.24) is 4.57 Å². The summed E-state index contributed by atoms with van der Waals surface area (Å²) in [5, 5.41) is 36.5. The van der Waals surface area contributed by atoms with Crippen molar-refractivity contribution >= 4 is 27.8 Å². The molecule has 112 valence electrons. The van der Waals surface area contributed by atoms with Gasteiger partial charge < -0.3 is 19.9 Å². The van der Waals surface area contributed by atoms with Crippen LogP contribution in [0.25, 0.3) is 10.2 Å². The highest BCUT2D eigenvalue weighted by atomic mass is 32.1. The summed E-state index contributed by atoms with van der Waals surface area (Å²) >= 11 is 1.50. The smallest absolute Gasteiger partial charge is 0.211 e. The van der Waals surface area contributed by atoms with Gasteiger partial charge in [0.2, 0.25) is 10.6 Å². The second kappa shape index (κ2) is 5.53. The van der Waals surface area contributed by atoms with Crippen molar-refractivity contribution in [3.8, 4) is 17.2 Å². The number of thiazole rings is 1. The van der Waals surface area contributed by atoms with Gasteiger partial charge >= 0.3 is 0 Å². The molecule has 0 aliphatic rings. The molecule has 1 aromatic heterocycles. The third-order valence-electron chi connectivity index (χ3n) is 3.22. The molecule has 3 rings (SSSR count). The quantitative estimate of drug-likeness (QED) is 0.385. The molecule has 22 heavy (non-hydrogen) atoms. The van der Waals surface area contributed by atoms with Crippen molar-refractivity contribution in [2.24, 2.45) is 17.3 Å². The standard InChI is InChI=1S/C15H13N3O3S/c1-18-10-4-2-3-5-12(10)22-15(18)17-16-8-9-6-7-11(19)14(21)13(9)20/h2-8,19-21H,1H3/b16-8+,17-15-. The van der Waals surface area contributed by atoms with E-state index in [2.05, 4.69) is 10.2 Å². The maximum absolute atomic E-state index is 9.70. The van der Waals surface area contributed by atoms with Gasteiger partial charge in [0.1, 0.15) is 0 Å². The number of nitrogens with zero attached hydrogens (tertiary/aromatic N) is 3. The van der Waals surface area contributed by atoms with Gasteiger partial charge in [0.25, 0.3) is 0 Å². The van der Waals surface area contributed by atoms with Crippen LogP contribution in [0, 0.1) is 0 Å². The Bertz CT molecular complexity index is 941. The van der Waals surface area contributed by atoms with E-state index in [-0.39, 0.29) is 11.3 Å². The first-order valence-corrected chi connectivity index (χ1v) is 7.25. The largest absolute Gasteiger partial charge is 0.504 e. The minimum Gasteiger partial charge on any atom is -0.504 e. The molecule has 0 amide bonds. The minimum atomic E-state index is -0.573. The number of aromatic hydroxyl groups is 3. The monoisotopic (exact) mass is 315 g/mol. The van der Waals surface area contributed by atoms with Crippen LogP contribution in [0.3, 0.4) is 0 Å². The van der Waals surface area contributed by atoms with Crippen LogP contribution in [-0.4, -0.2) is 26.1 Å². The van der Waals surface area contributed by atoms with Crippen molar-refractivity contribution in [3.05, 3.63) is 46.8 Å². The van der Waals surface area contributed by atoms with Crippen molar-refractivity contribution in [3.63, 3.8) is 0 Å². The van der Waals surface area contributed by atoms with E-state index in [1.165, 1.54) is 29.7 Å². The predicted octanol–water partition coefficient (Wildman–Crippen LogP) is 2.29. The fourth-order valence-electron chi connectivity index (χ4n) is 2.01. The minimum absolute atomic E-state index is 0.266. The van der Waals surface area contributed by atoms with E-state index in [1.54, 1.807) is 0 Å². The highest BCUT2D eigenvalue weighted by molar-refractivity contribution is 7.16. The number of para-hydroxylation sites is 1. The topological polar surface area (TPSA) is 90.3 Å². The van der Waals surface area contributed by atoms with Crippen molar-refractivity contribution in [2.75, 3.05) is 0 Å². The average molecular weight is 315 g/mol. The van der Waals surface area contributed by atoms with E-state index in [1.807, 2.05) is 35.9 Å². The molecule has 3 N–H and O–H groups in total. The van der Waals surface area contributed by atoms with Gasteiger partial charge in [-0.05, 0) is 24.3 Å². The summed E-state index contributed by atoms with van der Waals surface area (Å²) in [6, 6.07) is 10.6. The molecule has 0 spiro atoms. The van der Waals surface area contributed by atoms with Gasteiger partial charge in [-0.3, -0.25) is 0 Å². The lowest BCUT2D eigenvalue weighted by Crippen LogP contribution is -2.08. The van der Waals surface area contributed by atoms with Crippen LogP contribution in [0.4, 0.5) is 0 Å². The Morgan fingerprint density at radius 2 is 1.82 bits per heavy atom. The van der Waals surface area contributed by atoms with Gasteiger partial charge in [-0.1, -0.05) is 23.5 Å². The van der Waals surface area contributed by atoms with Crippen LogP contribution in [0.2, 0.25) is 0 Å². The Morgan fingerprint density at radius 1 is 1.05 bits per heavy atom. The van der Waals surface area contributed by atoms with E-state index in [0.717, 1.165) is 10.2 Å². The van der Waals surface area contributed by atoms with Crippen LogP contribution < -0.4 is 4.80 Å². The summed E-state index contributed by atoms with van der Waals surface area (Å²) in [6.07, 6.45) is 1.32. The number of benzene rings is 2.